The number of hydrogen-bond donors (Lipinski definition) is 4. The van der Waals surface area contributed by atoms with Crippen molar-refractivity contribution in [2.24, 2.45) is 5.14 Å². The third-order valence-corrected chi connectivity index (χ3v) is 0. The summed E-state index contributed by atoms with van der Waals surface area (Å²) in [5, 5.41) is 3.88. The SMILES string of the molecule is NS(=O)(=O)O.[KH].[O]=[Mo](=[O])([OH])[OH]. The van der Waals surface area contributed by atoms with Crippen molar-refractivity contribution < 1.29 is 44.0 Å². The van der Waals surface area contributed by atoms with Crippen molar-refractivity contribution in [3.05, 3.63) is 0 Å². The third-order valence-electron chi connectivity index (χ3n) is 0. The van der Waals surface area contributed by atoms with Crippen molar-refractivity contribution in [3.63, 3.8) is 0 Å². The summed E-state index contributed by atoms with van der Waals surface area (Å²) in [6.45, 7) is 0. The second-order valence-electron chi connectivity index (χ2n) is 0.963. The Hall–Kier alpha value is 1.71. The van der Waals surface area contributed by atoms with Gasteiger partial charge in [0.15, 0.2) is 0 Å². The van der Waals surface area contributed by atoms with Gasteiger partial charge in [-0.1, -0.05) is 0 Å². The zero-order chi connectivity index (χ0) is 9.00. The summed E-state index contributed by atoms with van der Waals surface area (Å²) in [6, 6.07) is 0. The average molecular weight is 299 g/mol. The fraction of sp³-hybridized carbons (Fsp3) is 0. The van der Waals surface area contributed by atoms with E-state index in [9.17, 15) is 0 Å². The molecule has 0 spiro atoms. The van der Waals surface area contributed by atoms with E-state index in [-0.39, 0.29) is 51.4 Å². The van der Waals surface area contributed by atoms with E-state index in [1.165, 1.54) is 0 Å². The van der Waals surface area contributed by atoms with Crippen LogP contribution in [0.3, 0.4) is 0 Å². The topological polar surface area (TPSA) is 155 Å². The van der Waals surface area contributed by atoms with Crippen molar-refractivity contribution in [1.29, 1.82) is 0 Å². The Kier molecular flexibility index (Phi) is 12.0. The van der Waals surface area contributed by atoms with Gasteiger partial charge < -0.3 is 0 Å². The van der Waals surface area contributed by atoms with E-state index >= 15 is 0 Å². The normalized spacial score (nSPS) is 10.5. The Morgan fingerprint density at radius 1 is 1.18 bits per heavy atom. The van der Waals surface area contributed by atoms with Gasteiger partial charge in [-0.15, -0.1) is 0 Å². The molecule has 5 N–H and O–H groups in total. The van der Waals surface area contributed by atoms with Gasteiger partial charge in [0.25, 0.3) is 0 Å². The van der Waals surface area contributed by atoms with Crippen LogP contribution in [0.4, 0.5) is 0 Å². The van der Waals surface area contributed by atoms with E-state index in [1.54, 1.807) is 0 Å². The summed E-state index contributed by atoms with van der Waals surface area (Å²) < 4.78 is 57.2. The first-order chi connectivity index (χ1) is 4.00. The van der Waals surface area contributed by atoms with Crippen LogP contribution in [0.5, 0.6) is 0 Å². The Balaban J connectivity index is -0.000000107. The first-order valence-electron chi connectivity index (χ1n) is 1.45. The zero-order valence-electron chi connectivity index (χ0n) is 4.37. The first kappa shape index (κ1) is 18.5. The predicted octanol–water partition coefficient (Wildman–Crippen LogP) is -3.25. The minimum absolute atomic E-state index is 0. The number of rotatable bonds is 0. The zero-order valence-corrected chi connectivity index (χ0v) is 7.19. The van der Waals surface area contributed by atoms with E-state index < -0.39 is 27.1 Å². The van der Waals surface area contributed by atoms with Crippen molar-refractivity contribution in [3.8, 4) is 0 Å². The monoisotopic (exact) mass is 301 g/mol. The number of nitrogens with two attached hydrogens (primary N) is 1. The molecule has 11 heteroatoms. The second-order valence-corrected chi connectivity index (χ2v) is 4.19. The molecule has 0 rings (SSSR count). The minimum atomic E-state index is -5.52. The third kappa shape index (κ3) is 376. The molecule has 0 saturated carbocycles. The van der Waals surface area contributed by atoms with Crippen molar-refractivity contribution in [2.45, 2.75) is 0 Å². The van der Waals surface area contributed by atoms with Crippen LogP contribution in [0.25, 0.3) is 0 Å². The van der Waals surface area contributed by atoms with Crippen molar-refractivity contribution in [1.82, 2.24) is 0 Å². The molecule has 0 aliphatic carbocycles. The molecule has 0 atom stereocenters. The van der Waals surface area contributed by atoms with E-state index in [0.29, 0.717) is 0 Å². The maximum atomic E-state index is 8.97. The quantitative estimate of drug-likeness (QED) is 0.270. The van der Waals surface area contributed by atoms with Crippen LogP contribution in [0, 0.1) is 0 Å². The fourth-order valence-electron chi connectivity index (χ4n) is 0. The molecule has 0 amide bonds. The standard InChI is InChI=1S/K.Mo.H3NO3S.2H2O.2O.H/c;;1-5(2,3)4;;;;;/h;;(H3,1,2,3,4);2*1H2;;;/q;+2;;;;;;/p-2. The Morgan fingerprint density at radius 2 is 1.18 bits per heavy atom. The maximum absolute atomic E-state index is 8.97. The Labute approximate surface area is 109 Å². The fourth-order valence-corrected chi connectivity index (χ4v) is 0. The van der Waals surface area contributed by atoms with Gasteiger partial charge in [-0.2, -0.15) is 8.42 Å². The molecular formula is H6KMoNO7S. The molecule has 0 heterocycles. The molecule has 0 saturated heterocycles. The van der Waals surface area contributed by atoms with Crippen LogP contribution in [-0.4, -0.2) is 71.9 Å². The van der Waals surface area contributed by atoms with Gasteiger partial charge in [0.2, 0.25) is 0 Å². The molecule has 66 valence electrons. The van der Waals surface area contributed by atoms with Gasteiger partial charge in [-0.25, -0.2) is 5.14 Å². The van der Waals surface area contributed by atoms with E-state index in [1.807, 2.05) is 0 Å². The van der Waals surface area contributed by atoms with Crippen molar-refractivity contribution >= 4 is 61.7 Å². The average Bonchev–Trinajstić information content (AvgIpc) is 1.12. The van der Waals surface area contributed by atoms with E-state index in [4.69, 9.17) is 27.3 Å². The molecule has 0 bridgehead atoms. The predicted molar refractivity (Wildman–Crippen MR) is 28.7 cm³/mol. The summed E-state index contributed by atoms with van der Waals surface area (Å²) in [5.74, 6) is 0. The molecule has 0 aliphatic rings. The van der Waals surface area contributed by atoms with Crippen molar-refractivity contribution in [2.75, 3.05) is 0 Å². The molecule has 0 aromatic heterocycles. The summed E-state index contributed by atoms with van der Waals surface area (Å²) in [4.78, 5) is 0. The van der Waals surface area contributed by atoms with Crippen LogP contribution in [-0.2, 0) is 33.8 Å². The van der Waals surface area contributed by atoms with E-state index in [2.05, 4.69) is 5.14 Å². The Morgan fingerprint density at radius 3 is 1.18 bits per heavy atom. The van der Waals surface area contributed by atoms with Crippen LogP contribution in [0.2, 0.25) is 0 Å². The van der Waals surface area contributed by atoms with Gasteiger partial charge in [0, 0.05) is 0 Å². The molecule has 8 nitrogen and oxygen atoms in total. The van der Waals surface area contributed by atoms with Crippen LogP contribution >= 0.6 is 0 Å². The molecular weight excluding hydrogens is 293 g/mol. The Bertz CT molecular complexity index is 215. The van der Waals surface area contributed by atoms with Gasteiger partial charge >= 0.3 is 92.8 Å². The summed E-state index contributed by atoms with van der Waals surface area (Å²) in [6.07, 6.45) is 0. The second kappa shape index (κ2) is 7.15. The summed E-state index contributed by atoms with van der Waals surface area (Å²) in [7, 11) is -4.17. The molecule has 11 heavy (non-hydrogen) atoms. The van der Waals surface area contributed by atoms with Crippen LogP contribution in [0.15, 0.2) is 0 Å². The molecule has 0 aromatic carbocycles. The summed E-state index contributed by atoms with van der Waals surface area (Å²) >= 11 is -5.52. The van der Waals surface area contributed by atoms with E-state index in [0.717, 1.165) is 0 Å². The molecule has 0 unspecified atom stereocenters. The first-order valence-corrected chi connectivity index (χ1v) is 6.39. The molecule has 0 aliphatic heterocycles. The van der Waals surface area contributed by atoms with Gasteiger partial charge in [0.1, 0.15) is 0 Å². The molecule has 0 fully saturated rings. The summed E-state index contributed by atoms with van der Waals surface area (Å²) in [5.41, 5.74) is 0. The molecule has 0 aromatic rings. The van der Waals surface area contributed by atoms with Crippen LogP contribution < -0.4 is 5.14 Å². The van der Waals surface area contributed by atoms with Gasteiger partial charge in [-0.3, -0.25) is 4.55 Å². The molecule has 0 radical (unpaired) electrons. The van der Waals surface area contributed by atoms with Gasteiger partial charge in [-0.05, 0) is 0 Å². The van der Waals surface area contributed by atoms with Gasteiger partial charge in [0.05, 0.1) is 0 Å². The van der Waals surface area contributed by atoms with Crippen LogP contribution in [0.1, 0.15) is 0 Å². The number of hydrogen-bond acceptors (Lipinski definition) is 4.